The minimum absolute atomic E-state index is 0.0781. The highest BCUT2D eigenvalue weighted by atomic mass is 19.4. The van der Waals surface area contributed by atoms with Crippen molar-refractivity contribution >= 4 is 0 Å². The molecule has 0 spiro atoms. The number of aliphatic hydroxyl groups excluding tert-OH is 1. The molecule has 2 atom stereocenters. The van der Waals surface area contributed by atoms with Crippen molar-refractivity contribution in [3.8, 4) is 0 Å². The summed E-state index contributed by atoms with van der Waals surface area (Å²) >= 11 is 0. The van der Waals surface area contributed by atoms with Crippen LogP contribution >= 0.6 is 0 Å². The number of hydrogen-bond acceptors (Lipinski definition) is 2. The van der Waals surface area contributed by atoms with E-state index in [1.54, 1.807) is 12.1 Å². The molecule has 1 aromatic carbocycles. The molecule has 0 fully saturated rings. The van der Waals surface area contributed by atoms with Crippen molar-refractivity contribution in [2.45, 2.75) is 44.5 Å². The highest BCUT2D eigenvalue weighted by Crippen LogP contribution is 2.30. The van der Waals surface area contributed by atoms with Crippen LogP contribution in [0.4, 0.5) is 13.2 Å². The molecule has 5 heteroatoms. The third kappa shape index (κ3) is 3.46. The molecule has 0 unspecified atom stereocenters. The van der Waals surface area contributed by atoms with E-state index >= 15 is 0 Å². The lowest BCUT2D eigenvalue weighted by molar-refractivity contribution is -0.210. The van der Waals surface area contributed by atoms with E-state index in [0.29, 0.717) is 0 Å². The van der Waals surface area contributed by atoms with Crippen LogP contribution in [0.5, 0.6) is 0 Å². The van der Waals surface area contributed by atoms with Crippen LogP contribution in [0.3, 0.4) is 0 Å². The van der Waals surface area contributed by atoms with E-state index in [1.807, 2.05) is 20.8 Å². The number of rotatable bonds is 2. The maximum Gasteiger partial charge on any atom is 0.416 e. The SMILES string of the molecule is CC(C)(C)c1ccc([C@@H](N)[C@@H](O)C(F)(F)F)cc1. The number of hydrogen-bond donors (Lipinski definition) is 2. The zero-order valence-electron chi connectivity index (χ0n) is 10.6. The lowest BCUT2D eigenvalue weighted by Crippen LogP contribution is -2.38. The Morgan fingerprint density at radius 1 is 1.06 bits per heavy atom. The summed E-state index contributed by atoms with van der Waals surface area (Å²) in [4.78, 5) is 0. The first-order valence-corrected chi connectivity index (χ1v) is 5.64. The van der Waals surface area contributed by atoms with Crippen molar-refractivity contribution in [3.63, 3.8) is 0 Å². The van der Waals surface area contributed by atoms with Gasteiger partial charge in [-0.2, -0.15) is 13.2 Å². The molecule has 1 rings (SSSR count). The van der Waals surface area contributed by atoms with Gasteiger partial charge in [-0.25, -0.2) is 0 Å². The molecule has 3 N–H and O–H groups in total. The highest BCUT2D eigenvalue weighted by Gasteiger charge is 2.42. The van der Waals surface area contributed by atoms with Crippen LogP contribution in [0.2, 0.25) is 0 Å². The number of nitrogens with two attached hydrogens (primary N) is 1. The summed E-state index contributed by atoms with van der Waals surface area (Å²) in [5.41, 5.74) is 6.61. The number of benzene rings is 1. The largest absolute Gasteiger partial charge is 0.416 e. The van der Waals surface area contributed by atoms with E-state index in [2.05, 4.69) is 0 Å². The summed E-state index contributed by atoms with van der Waals surface area (Å²) < 4.78 is 37.0. The van der Waals surface area contributed by atoms with Crippen LogP contribution in [0.15, 0.2) is 24.3 Å². The molecule has 0 saturated carbocycles. The Labute approximate surface area is 105 Å². The Hall–Kier alpha value is -1.07. The van der Waals surface area contributed by atoms with Gasteiger partial charge in [0.15, 0.2) is 6.10 Å². The fourth-order valence-corrected chi connectivity index (χ4v) is 1.59. The van der Waals surface area contributed by atoms with Crippen LogP contribution in [0.1, 0.15) is 37.9 Å². The number of alkyl halides is 3. The van der Waals surface area contributed by atoms with Gasteiger partial charge in [0.2, 0.25) is 0 Å². The van der Waals surface area contributed by atoms with Gasteiger partial charge in [0.1, 0.15) is 0 Å². The zero-order chi connectivity index (χ0) is 14.1. The quantitative estimate of drug-likeness (QED) is 0.859. The third-order valence-corrected chi connectivity index (χ3v) is 2.84. The third-order valence-electron chi connectivity index (χ3n) is 2.84. The van der Waals surface area contributed by atoms with E-state index < -0.39 is 18.3 Å². The molecular formula is C13H18F3NO. The maximum atomic E-state index is 12.3. The lowest BCUT2D eigenvalue weighted by Gasteiger charge is -2.23. The van der Waals surface area contributed by atoms with E-state index in [0.717, 1.165) is 5.56 Å². The van der Waals surface area contributed by atoms with Gasteiger partial charge in [-0.3, -0.25) is 0 Å². The smallest absolute Gasteiger partial charge is 0.382 e. The monoisotopic (exact) mass is 261 g/mol. The Bertz CT molecular complexity index is 392. The summed E-state index contributed by atoms with van der Waals surface area (Å²) in [6, 6.07) is 5.07. The first-order valence-electron chi connectivity index (χ1n) is 5.64. The molecule has 0 amide bonds. The molecule has 0 bridgehead atoms. The lowest BCUT2D eigenvalue weighted by atomic mass is 9.86. The van der Waals surface area contributed by atoms with Gasteiger partial charge >= 0.3 is 6.18 Å². The Morgan fingerprint density at radius 3 is 1.83 bits per heavy atom. The minimum atomic E-state index is -4.71. The average molecular weight is 261 g/mol. The molecule has 18 heavy (non-hydrogen) atoms. The highest BCUT2D eigenvalue weighted by molar-refractivity contribution is 5.29. The van der Waals surface area contributed by atoms with Gasteiger partial charge in [0.05, 0.1) is 6.04 Å². The van der Waals surface area contributed by atoms with Gasteiger partial charge in [-0.15, -0.1) is 0 Å². The van der Waals surface area contributed by atoms with Crippen molar-refractivity contribution in [2.24, 2.45) is 5.73 Å². The normalized spacial score (nSPS) is 16.4. The maximum absolute atomic E-state index is 12.3. The Balaban J connectivity index is 2.93. The predicted molar refractivity (Wildman–Crippen MR) is 64.1 cm³/mol. The number of halogens is 3. The molecule has 0 saturated heterocycles. The second-order valence-electron chi connectivity index (χ2n) is 5.38. The van der Waals surface area contributed by atoms with Crippen LogP contribution in [-0.4, -0.2) is 17.4 Å². The molecule has 102 valence electrons. The van der Waals surface area contributed by atoms with Crippen LogP contribution < -0.4 is 5.73 Å². The Morgan fingerprint density at radius 2 is 1.50 bits per heavy atom. The fourth-order valence-electron chi connectivity index (χ4n) is 1.59. The van der Waals surface area contributed by atoms with E-state index in [1.165, 1.54) is 12.1 Å². The summed E-state index contributed by atoms with van der Waals surface area (Å²) in [6.45, 7) is 6.02. The second kappa shape index (κ2) is 4.90. The molecule has 0 radical (unpaired) electrons. The minimum Gasteiger partial charge on any atom is -0.382 e. The second-order valence-corrected chi connectivity index (χ2v) is 5.38. The van der Waals surface area contributed by atoms with Crippen molar-refractivity contribution in [2.75, 3.05) is 0 Å². The van der Waals surface area contributed by atoms with Crippen LogP contribution in [0.25, 0.3) is 0 Å². The molecule has 0 aliphatic rings. The van der Waals surface area contributed by atoms with Crippen molar-refractivity contribution < 1.29 is 18.3 Å². The molecular weight excluding hydrogens is 243 g/mol. The zero-order valence-corrected chi connectivity index (χ0v) is 10.6. The predicted octanol–water partition coefficient (Wildman–Crippen LogP) is 2.91. The summed E-state index contributed by atoms with van der Waals surface area (Å²) in [5.74, 6) is 0. The molecule has 0 aromatic heterocycles. The molecule has 2 nitrogen and oxygen atoms in total. The van der Waals surface area contributed by atoms with Gasteiger partial charge < -0.3 is 10.8 Å². The van der Waals surface area contributed by atoms with Gasteiger partial charge in [-0.05, 0) is 16.5 Å². The molecule has 0 aliphatic heterocycles. The fraction of sp³-hybridized carbons (Fsp3) is 0.538. The van der Waals surface area contributed by atoms with Gasteiger partial charge in [0.25, 0.3) is 0 Å². The van der Waals surface area contributed by atoms with Crippen LogP contribution in [0, 0.1) is 0 Å². The number of aliphatic hydroxyl groups is 1. The van der Waals surface area contributed by atoms with E-state index in [9.17, 15) is 13.2 Å². The Kier molecular flexibility index (Phi) is 4.08. The van der Waals surface area contributed by atoms with E-state index in [4.69, 9.17) is 10.8 Å². The molecule has 0 aliphatic carbocycles. The molecule has 1 aromatic rings. The summed E-state index contributed by atoms with van der Waals surface area (Å²) in [5, 5.41) is 9.09. The van der Waals surface area contributed by atoms with Crippen LogP contribution in [-0.2, 0) is 5.41 Å². The van der Waals surface area contributed by atoms with E-state index in [-0.39, 0.29) is 11.0 Å². The first-order chi connectivity index (χ1) is 8.03. The topological polar surface area (TPSA) is 46.2 Å². The van der Waals surface area contributed by atoms with Gasteiger partial charge in [-0.1, -0.05) is 45.0 Å². The standard InChI is InChI=1S/C13H18F3NO/c1-12(2,3)9-6-4-8(5-7-9)10(17)11(18)13(14,15)16/h4-7,10-11,18H,17H2,1-3H3/t10-,11-/m1/s1. The van der Waals surface area contributed by atoms with Crippen molar-refractivity contribution in [1.29, 1.82) is 0 Å². The molecule has 0 heterocycles. The first kappa shape index (κ1) is 15.0. The van der Waals surface area contributed by atoms with Gasteiger partial charge in [0, 0.05) is 0 Å². The summed E-state index contributed by atoms with van der Waals surface area (Å²) in [6.07, 6.45) is -7.25. The van der Waals surface area contributed by atoms with Crippen molar-refractivity contribution in [1.82, 2.24) is 0 Å². The average Bonchev–Trinajstić information content (AvgIpc) is 2.25. The summed E-state index contributed by atoms with van der Waals surface area (Å²) in [7, 11) is 0. The van der Waals surface area contributed by atoms with Crippen molar-refractivity contribution in [3.05, 3.63) is 35.4 Å².